The van der Waals surface area contributed by atoms with Crippen LogP contribution in [-0.4, -0.2) is 17.7 Å². The summed E-state index contributed by atoms with van der Waals surface area (Å²) >= 11 is 0. The fourth-order valence-corrected chi connectivity index (χ4v) is 3.83. The third kappa shape index (κ3) is 13.1. The van der Waals surface area contributed by atoms with Gasteiger partial charge < -0.3 is 4.74 Å². The molecule has 0 spiro atoms. The molecule has 2 aromatic carbocycles. The summed E-state index contributed by atoms with van der Waals surface area (Å²) in [5.41, 5.74) is 1.71. The Morgan fingerprint density at radius 2 is 1.25 bits per heavy atom. The summed E-state index contributed by atoms with van der Waals surface area (Å²) in [7, 11) is 0. The zero-order valence-corrected chi connectivity index (χ0v) is 23.8. The van der Waals surface area contributed by atoms with Crippen molar-refractivity contribution in [1.82, 2.24) is 0 Å². The first-order valence-electron chi connectivity index (χ1n) is 14.2. The van der Waals surface area contributed by atoms with Crippen molar-refractivity contribution in [1.29, 1.82) is 0 Å². The van der Waals surface area contributed by atoms with Crippen LogP contribution in [0.2, 0.25) is 0 Å². The van der Waals surface area contributed by atoms with Gasteiger partial charge >= 0.3 is 11.9 Å². The van der Waals surface area contributed by atoms with Gasteiger partial charge in [-0.15, -0.1) is 0 Å². The zero-order chi connectivity index (χ0) is 28.8. The van der Waals surface area contributed by atoms with Crippen LogP contribution in [0.5, 0.6) is 0 Å². The molecule has 0 radical (unpaired) electrons. The van der Waals surface area contributed by atoms with Crippen LogP contribution in [0.4, 0.5) is 0 Å². The maximum Gasteiger partial charge on any atom is 0.320 e. The normalized spacial score (nSPS) is 12.8. The molecule has 0 bridgehead atoms. The molecule has 40 heavy (non-hydrogen) atoms. The molecule has 0 heterocycles. The van der Waals surface area contributed by atoms with Gasteiger partial charge in [0, 0.05) is 17.5 Å². The van der Waals surface area contributed by atoms with Crippen LogP contribution in [0.3, 0.4) is 0 Å². The second-order valence-electron chi connectivity index (χ2n) is 9.44. The Kier molecular flexibility index (Phi) is 16.0. The highest BCUT2D eigenvalue weighted by Crippen LogP contribution is 2.20. The van der Waals surface area contributed by atoms with Crippen molar-refractivity contribution in [2.75, 3.05) is 0 Å². The average Bonchev–Trinajstić information content (AvgIpc) is 2.98. The number of benzene rings is 2. The summed E-state index contributed by atoms with van der Waals surface area (Å²) in [6, 6.07) is 15.9. The van der Waals surface area contributed by atoms with E-state index in [-0.39, 0.29) is 12.2 Å². The molecule has 2 rings (SSSR count). The van der Waals surface area contributed by atoms with Crippen LogP contribution in [-0.2, 0) is 14.3 Å². The molecular formula is C36H42O4. The standard InChI is InChI=1S/C36H42O4/c1-3-4-5-6-7-8-9-10-11-12-13-14-15-16-17-18-22-28-34(37)40-36(39)30(2)32-26-23-27-33(29-32)35(38)31-24-20-19-21-25-31/h4-5,7-8,10-11,13-14,16-17,19-21,23-27,29-30H,3,6,9,12,15,18,22,28H2,1-2H3/b5-4-,8-7-,11-10-,14-13-,17-16-. The second kappa shape index (κ2) is 19.9. The Bertz CT molecular complexity index is 1200. The summed E-state index contributed by atoms with van der Waals surface area (Å²) in [6.45, 7) is 3.82. The van der Waals surface area contributed by atoms with Gasteiger partial charge in [-0.2, -0.15) is 0 Å². The van der Waals surface area contributed by atoms with Crippen molar-refractivity contribution in [3.05, 3.63) is 132 Å². The Morgan fingerprint density at radius 1 is 0.700 bits per heavy atom. The maximum atomic E-state index is 12.7. The minimum absolute atomic E-state index is 0.117. The van der Waals surface area contributed by atoms with E-state index in [1.807, 2.05) is 24.3 Å². The monoisotopic (exact) mass is 538 g/mol. The van der Waals surface area contributed by atoms with E-state index in [0.717, 1.165) is 38.5 Å². The zero-order valence-electron chi connectivity index (χ0n) is 23.8. The molecule has 1 unspecified atom stereocenters. The number of ketones is 1. The Balaban J connectivity index is 1.62. The molecule has 2 aromatic rings. The number of carbonyl (C=O) groups excluding carboxylic acids is 3. The van der Waals surface area contributed by atoms with Crippen LogP contribution in [0, 0.1) is 0 Å². The van der Waals surface area contributed by atoms with Crippen LogP contribution in [0.25, 0.3) is 0 Å². The molecule has 0 saturated carbocycles. The van der Waals surface area contributed by atoms with Gasteiger partial charge in [0.15, 0.2) is 5.78 Å². The quantitative estimate of drug-likeness (QED) is 0.0663. The molecule has 4 heteroatoms. The molecule has 4 nitrogen and oxygen atoms in total. The fourth-order valence-electron chi connectivity index (χ4n) is 3.83. The van der Waals surface area contributed by atoms with Gasteiger partial charge in [-0.3, -0.25) is 14.4 Å². The summed E-state index contributed by atoms with van der Waals surface area (Å²) < 4.78 is 5.07. The molecular weight excluding hydrogens is 496 g/mol. The average molecular weight is 539 g/mol. The number of carbonyl (C=O) groups is 3. The van der Waals surface area contributed by atoms with Crippen molar-refractivity contribution in [3.63, 3.8) is 0 Å². The highest BCUT2D eigenvalue weighted by Gasteiger charge is 2.21. The highest BCUT2D eigenvalue weighted by molar-refractivity contribution is 6.09. The lowest BCUT2D eigenvalue weighted by Gasteiger charge is -2.12. The largest absolute Gasteiger partial charge is 0.393 e. The number of rotatable bonds is 17. The third-order valence-electron chi connectivity index (χ3n) is 6.16. The van der Waals surface area contributed by atoms with Gasteiger partial charge in [-0.25, -0.2) is 0 Å². The van der Waals surface area contributed by atoms with E-state index in [0.29, 0.717) is 23.1 Å². The summed E-state index contributed by atoms with van der Waals surface area (Å²) in [5, 5.41) is 0. The van der Waals surface area contributed by atoms with Crippen LogP contribution < -0.4 is 0 Å². The minimum Gasteiger partial charge on any atom is -0.393 e. The van der Waals surface area contributed by atoms with Gasteiger partial charge in [0.2, 0.25) is 0 Å². The number of unbranched alkanes of at least 4 members (excludes halogenated alkanes) is 1. The molecule has 1 atom stereocenters. The molecule has 0 aliphatic rings. The second-order valence-corrected chi connectivity index (χ2v) is 9.44. The first-order chi connectivity index (χ1) is 19.5. The Hall–Kier alpha value is -4.05. The molecule has 0 saturated heterocycles. The molecule has 0 aliphatic heterocycles. The van der Waals surface area contributed by atoms with Gasteiger partial charge in [-0.05, 0) is 63.5 Å². The van der Waals surface area contributed by atoms with E-state index in [2.05, 4.69) is 61.6 Å². The molecule has 0 aliphatic carbocycles. The minimum atomic E-state index is -0.654. The van der Waals surface area contributed by atoms with Gasteiger partial charge in [0.25, 0.3) is 0 Å². The molecule has 0 aromatic heterocycles. The van der Waals surface area contributed by atoms with Crippen molar-refractivity contribution in [2.24, 2.45) is 0 Å². The van der Waals surface area contributed by atoms with Gasteiger partial charge in [0.1, 0.15) is 0 Å². The van der Waals surface area contributed by atoms with Crippen molar-refractivity contribution < 1.29 is 19.1 Å². The maximum absolute atomic E-state index is 12.7. The van der Waals surface area contributed by atoms with E-state index in [9.17, 15) is 14.4 Å². The van der Waals surface area contributed by atoms with Crippen LogP contribution in [0.15, 0.2) is 115 Å². The van der Waals surface area contributed by atoms with E-state index < -0.39 is 17.9 Å². The van der Waals surface area contributed by atoms with Gasteiger partial charge in [-0.1, -0.05) is 116 Å². The number of esters is 2. The van der Waals surface area contributed by atoms with E-state index in [1.54, 1.807) is 43.3 Å². The predicted octanol–water partition coefficient (Wildman–Crippen LogP) is 9.01. The predicted molar refractivity (Wildman–Crippen MR) is 164 cm³/mol. The topological polar surface area (TPSA) is 60.4 Å². The van der Waals surface area contributed by atoms with Crippen molar-refractivity contribution in [3.8, 4) is 0 Å². The third-order valence-corrected chi connectivity index (χ3v) is 6.16. The number of hydrogen-bond donors (Lipinski definition) is 0. The lowest BCUT2D eigenvalue weighted by Crippen LogP contribution is -2.18. The number of hydrogen-bond acceptors (Lipinski definition) is 4. The summed E-state index contributed by atoms with van der Waals surface area (Å²) in [4.78, 5) is 37.4. The lowest BCUT2D eigenvalue weighted by molar-refractivity contribution is -0.160. The first-order valence-corrected chi connectivity index (χ1v) is 14.2. The van der Waals surface area contributed by atoms with Crippen LogP contribution >= 0.6 is 0 Å². The number of allylic oxidation sites excluding steroid dienone is 10. The fraction of sp³-hybridized carbons (Fsp3) is 0.306. The molecule has 0 N–H and O–H groups in total. The van der Waals surface area contributed by atoms with Crippen LogP contribution in [0.1, 0.15) is 92.6 Å². The Morgan fingerprint density at radius 3 is 1.85 bits per heavy atom. The SMILES string of the molecule is CC/C=C\C/C=C\C/C=C\C/C=C\C/C=C\CCCC(=O)OC(=O)C(C)c1cccc(C(=O)c2ccccc2)c1. The molecule has 0 fully saturated rings. The van der Waals surface area contributed by atoms with Crippen molar-refractivity contribution >= 4 is 17.7 Å². The van der Waals surface area contributed by atoms with E-state index in [4.69, 9.17) is 4.74 Å². The molecule has 210 valence electrons. The van der Waals surface area contributed by atoms with E-state index in [1.165, 1.54) is 0 Å². The number of ether oxygens (including phenoxy) is 1. The molecule has 0 amide bonds. The highest BCUT2D eigenvalue weighted by atomic mass is 16.6. The summed E-state index contributed by atoms with van der Waals surface area (Å²) in [5.74, 6) is -1.91. The first kappa shape index (κ1) is 32.2. The smallest absolute Gasteiger partial charge is 0.320 e. The lowest BCUT2D eigenvalue weighted by atomic mass is 9.96. The van der Waals surface area contributed by atoms with Gasteiger partial charge in [0.05, 0.1) is 5.92 Å². The Labute approximate surface area is 239 Å². The summed E-state index contributed by atoms with van der Waals surface area (Å²) in [6.07, 6.45) is 27.8. The van der Waals surface area contributed by atoms with E-state index >= 15 is 0 Å². The van der Waals surface area contributed by atoms with Crippen molar-refractivity contribution in [2.45, 2.75) is 71.1 Å².